The van der Waals surface area contributed by atoms with Crippen LogP contribution in [0.25, 0.3) is 0 Å². The molecule has 0 amide bonds. The van der Waals surface area contributed by atoms with Gasteiger partial charge in [0.25, 0.3) is 5.56 Å². The smallest absolute Gasteiger partial charge is 0.250 e. The van der Waals surface area contributed by atoms with Gasteiger partial charge in [-0.15, -0.1) is 0 Å². The molecule has 0 atom stereocenters. The number of aryl methyl sites for hydroxylation is 2. The lowest BCUT2D eigenvalue weighted by Gasteiger charge is -2.02. The molecular formula is C9H13NO. The van der Waals surface area contributed by atoms with Gasteiger partial charge in [0.2, 0.25) is 0 Å². The van der Waals surface area contributed by atoms with Crippen molar-refractivity contribution >= 4 is 0 Å². The zero-order valence-corrected chi connectivity index (χ0v) is 7.00. The maximum Gasteiger partial charge on any atom is 0.250 e. The monoisotopic (exact) mass is 151 g/mol. The molecule has 2 heteroatoms. The van der Waals surface area contributed by atoms with Gasteiger partial charge in [0, 0.05) is 18.8 Å². The number of pyridine rings is 1. The largest absolute Gasteiger partial charge is 0.316 e. The molecule has 0 aromatic carbocycles. The van der Waals surface area contributed by atoms with Crippen molar-refractivity contribution in [1.82, 2.24) is 4.57 Å². The second kappa shape index (κ2) is 3.37. The van der Waals surface area contributed by atoms with E-state index in [-0.39, 0.29) is 5.56 Å². The third-order valence-corrected chi connectivity index (χ3v) is 1.79. The molecule has 0 bridgehead atoms. The van der Waals surface area contributed by atoms with Gasteiger partial charge in [0.1, 0.15) is 0 Å². The van der Waals surface area contributed by atoms with Gasteiger partial charge in [0.15, 0.2) is 0 Å². The fourth-order valence-corrected chi connectivity index (χ4v) is 1.04. The Kier molecular flexibility index (Phi) is 2.47. The fourth-order valence-electron chi connectivity index (χ4n) is 1.04. The Morgan fingerprint density at radius 3 is 2.64 bits per heavy atom. The molecule has 2 nitrogen and oxygen atoms in total. The van der Waals surface area contributed by atoms with Crippen molar-refractivity contribution in [2.45, 2.75) is 26.8 Å². The molecule has 0 spiro atoms. The Morgan fingerprint density at radius 1 is 1.36 bits per heavy atom. The summed E-state index contributed by atoms with van der Waals surface area (Å²) in [5.74, 6) is 0. The predicted molar refractivity (Wildman–Crippen MR) is 45.8 cm³/mol. The summed E-state index contributed by atoms with van der Waals surface area (Å²) in [5.41, 5.74) is 1.30. The summed E-state index contributed by atoms with van der Waals surface area (Å²) in [6.07, 6.45) is 2.91. The number of hydrogen-bond acceptors (Lipinski definition) is 1. The first-order chi connectivity index (χ1) is 5.27. The molecule has 0 aliphatic heterocycles. The van der Waals surface area contributed by atoms with Gasteiger partial charge in [-0.25, -0.2) is 0 Å². The van der Waals surface area contributed by atoms with Crippen LogP contribution >= 0.6 is 0 Å². The molecule has 1 rings (SSSR count). The standard InChI is InChI=1S/C9H13NO/c1-3-8-5-6-9(11)10(4-2)7-8/h5-7H,3-4H2,1-2H3. The Labute approximate surface area is 66.5 Å². The van der Waals surface area contributed by atoms with Crippen molar-refractivity contribution < 1.29 is 0 Å². The highest BCUT2D eigenvalue weighted by Gasteiger charge is 1.93. The summed E-state index contributed by atoms with van der Waals surface area (Å²) >= 11 is 0. The Balaban J connectivity index is 3.13. The molecule has 1 heterocycles. The summed E-state index contributed by atoms with van der Waals surface area (Å²) in [6, 6.07) is 3.51. The van der Waals surface area contributed by atoms with Crippen molar-refractivity contribution in [2.24, 2.45) is 0 Å². The van der Waals surface area contributed by atoms with Gasteiger partial charge in [-0.2, -0.15) is 0 Å². The normalized spacial score (nSPS) is 10.0. The molecule has 0 radical (unpaired) electrons. The van der Waals surface area contributed by atoms with Gasteiger partial charge in [0.05, 0.1) is 0 Å². The van der Waals surface area contributed by atoms with Crippen molar-refractivity contribution in [1.29, 1.82) is 0 Å². The van der Waals surface area contributed by atoms with Crippen LogP contribution in [0.5, 0.6) is 0 Å². The number of rotatable bonds is 2. The van der Waals surface area contributed by atoms with E-state index in [4.69, 9.17) is 0 Å². The summed E-state index contributed by atoms with van der Waals surface area (Å²) in [7, 11) is 0. The van der Waals surface area contributed by atoms with Crippen molar-refractivity contribution in [3.8, 4) is 0 Å². The molecule has 0 N–H and O–H groups in total. The second-order valence-electron chi connectivity index (χ2n) is 2.52. The zero-order chi connectivity index (χ0) is 8.27. The van der Waals surface area contributed by atoms with Gasteiger partial charge < -0.3 is 4.57 Å². The van der Waals surface area contributed by atoms with E-state index < -0.39 is 0 Å². The van der Waals surface area contributed by atoms with Gasteiger partial charge >= 0.3 is 0 Å². The quantitative estimate of drug-likeness (QED) is 0.626. The molecule has 0 aliphatic rings. The molecular weight excluding hydrogens is 138 g/mol. The van der Waals surface area contributed by atoms with Crippen LogP contribution in [0.2, 0.25) is 0 Å². The fraction of sp³-hybridized carbons (Fsp3) is 0.444. The molecule has 0 saturated heterocycles. The van der Waals surface area contributed by atoms with Crippen molar-refractivity contribution in [3.05, 3.63) is 34.2 Å². The molecule has 0 saturated carbocycles. The van der Waals surface area contributed by atoms with E-state index in [1.165, 1.54) is 5.56 Å². The first kappa shape index (κ1) is 8.05. The van der Waals surface area contributed by atoms with E-state index in [1.54, 1.807) is 10.6 Å². The maximum absolute atomic E-state index is 11.1. The molecule has 0 unspecified atom stereocenters. The number of aromatic nitrogens is 1. The van der Waals surface area contributed by atoms with Crippen LogP contribution in [0.4, 0.5) is 0 Å². The van der Waals surface area contributed by atoms with Crippen molar-refractivity contribution in [2.75, 3.05) is 0 Å². The highest BCUT2D eigenvalue weighted by molar-refractivity contribution is 5.09. The van der Waals surface area contributed by atoms with Crippen LogP contribution in [-0.2, 0) is 13.0 Å². The van der Waals surface area contributed by atoms with Gasteiger partial charge in [-0.1, -0.05) is 13.0 Å². The van der Waals surface area contributed by atoms with E-state index in [1.807, 2.05) is 19.2 Å². The SMILES string of the molecule is CCc1ccc(=O)n(CC)c1. The third-order valence-electron chi connectivity index (χ3n) is 1.79. The molecule has 1 aromatic heterocycles. The first-order valence-corrected chi connectivity index (χ1v) is 3.97. The maximum atomic E-state index is 11.1. The van der Waals surface area contributed by atoms with E-state index in [2.05, 4.69) is 6.92 Å². The summed E-state index contributed by atoms with van der Waals surface area (Å²) in [6.45, 7) is 4.81. The molecule has 0 fully saturated rings. The predicted octanol–water partition coefficient (Wildman–Crippen LogP) is 1.43. The van der Waals surface area contributed by atoms with Crippen LogP contribution in [-0.4, -0.2) is 4.57 Å². The number of nitrogens with zero attached hydrogens (tertiary/aromatic N) is 1. The highest BCUT2D eigenvalue weighted by atomic mass is 16.1. The lowest BCUT2D eigenvalue weighted by Crippen LogP contribution is -2.17. The van der Waals surface area contributed by atoms with Crippen LogP contribution in [0.15, 0.2) is 23.1 Å². The Hall–Kier alpha value is -1.05. The Morgan fingerprint density at radius 2 is 2.09 bits per heavy atom. The van der Waals surface area contributed by atoms with E-state index in [0.29, 0.717) is 0 Å². The van der Waals surface area contributed by atoms with Crippen molar-refractivity contribution in [3.63, 3.8) is 0 Å². The third kappa shape index (κ3) is 1.70. The topological polar surface area (TPSA) is 22.0 Å². The minimum absolute atomic E-state index is 0.0877. The van der Waals surface area contributed by atoms with E-state index >= 15 is 0 Å². The minimum atomic E-state index is 0.0877. The van der Waals surface area contributed by atoms with E-state index in [9.17, 15) is 4.79 Å². The summed E-state index contributed by atoms with van der Waals surface area (Å²) in [4.78, 5) is 11.1. The minimum Gasteiger partial charge on any atom is -0.316 e. The average molecular weight is 151 g/mol. The van der Waals surface area contributed by atoms with Gasteiger partial charge in [-0.05, 0) is 18.9 Å². The highest BCUT2D eigenvalue weighted by Crippen LogP contribution is 1.95. The van der Waals surface area contributed by atoms with Crippen LogP contribution < -0.4 is 5.56 Å². The average Bonchev–Trinajstić information content (AvgIpc) is 2.05. The molecule has 0 aliphatic carbocycles. The summed E-state index contributed by atoms with van der Waals surface area (Å²) < 4.78 is 1.72. The van der Waals surface area contributed by atoms with Crippen LogP contribution in [0, 0.1) is 0 Å². The zero-order valence-electron chi connectivity index (χ0n) is 7.00. The second-order valence-corrected chi connectivity index (χ2v) is 2.52. The molecule has 60 valence electrons. The first-order valence-electron chi connectivity index (χ1n) is 3.97. The summed E-state index contributed by atoms with van der Waals surface area (Å²) in [5, 5.41) is 0. The van der Waals surface area contributed by atoms with Crippen LogP contribution in [0.3, 0.4) is 0 Å². The Bertz CT molecular complexity index is 288. The lowest BCUT2D eigenvalue weighted by atomic mass is 10.2. The number of hydrogen-bond donors (Lipinski definition) is 0. The molecule has 1 aromatic rings. The van der Waals surface area contributed by atoms with Gasteiger partial charge in [-0.3, -0.25) is 4.79 Å². The van der Waals surface area contributed by atoms with E-state index in [0.717, 1.165) is 13.0 Å². The molecule has 11 heavy (non-hydrogen) atoms. The lowest BCUT2D eigenvalue weighted by molar-refractivity contribution is 0.719. The van der Waals surface area contributed by atoms with Crippen LogP contribution in [0.1, 0.15) is 19.4 Å².